The molecule has 2 heterocycles. The summed E-state index contributed by atoms with van der Waals surface area (Å²) in [4.78, 5) is 8.60. The van der Waals surface area contributed by atoms with Crippen LogP contribution < -0.4 is 0 Å². The number of hydrogen-bond acceptors (Lipinski definition) is 2. The number of halogens is 2. The van der Waals surface area contributed by atoms with Crippen LogP contribution in [0, 0.1) is 23.7 Å². The molecule has 0 aliphatic heterocycles. The SMILES string of the molecule is Cl.Cl.c1ccc([C@@H]2C3C4C(C3[C@@H]2c2ccncc2)[C@H](c2ccccc2)[C@@H]4c2ccncc2)cc1. The van der Waals surface area contributed by atoms with E-state index in [9.17, 15) is 0 Å². The van der Waals surface area contributed by atoms with Crippen molar-refractivity contribution in [3.63, 3.8) is 0 Å². The quantitative estimate of drug-likeness (QED) is 0.303. The van der Waals surface area contributed by atoms with Gasteiger partial charge < -0.3 is 0 Å². The van der Waals surface area contributed by atoms with Crippen LogP contribution in [0.1, 0.15) is 45.9 Å². The molecule has 2 nitrogen and oxygen atoms in total. The van der Waals surface area contributed by atoms with E-state index in [1.807, 2.05) is 24.8 Å². The van der Waals surface area contributed by atoms with Gasteiger partial charge in [-0.15, -0.1) is 24.8 Å². The molecule has 8 atom stereocenters. The third-order valence-electron chi connectivity index (χ3n) is 8.76. The summed E-state index contributed by atoms with van der Waals surface area (Å²) in [6.45, 7) is 0. The van der Waals surface area contributed by atoms with Crippen molar-refractivity contribution in [1.82, 2.24) is 9.97 Å². The molecule has 7 rings (SSSR count). The summed E-state index contributed by atoms with van der Waals surface area (Å²) in [6, 6.07) is 31.5. The number of rotatable bonds is 4. The Labute approximate surface area is 213 Å². The average Bonchev–Trinajstić information content (AvgIpc) is 2.85. The van der Waals surface area contributed by atoms with E-state index in [0.717, 1.165) is 23.7 Å². The summed E-state index contributed by atoms with van der Waals surface area (Å²) in [6.07, 6.45) is 7.87. The van der Waals surface area contributed by atoms with Crippen LogP contribution in [0.3, 0.4) is 0 Å². The van der Waals surface area contributed by atoms with Crippen LogP contribution in [0.4, 0.5) is 0 Å². The number of fused-ring (bicyclic) bond motifs is 4. The van der Waals surface area contributed by atoms with Crippen LogP contribution in [0.5, 0.6) is 0 Å². The largest absolute Gasteiger partial charge is 0.265 e. The molecule has 0 spiro atoms. The minimum atomic E-state index is 0. The molecule has 0 saturated heterocycles. The van der Waals surface area contributed by atoms with Crippen LogP contribution in [0.25, 0.3) is 0 Å². The number of aromatic nitrogens is 2. The molecule has 0 bridgehead atoms. The lowest BCUT2D eigenvalue weighted by atomic mass is 9.25. The molecular weight excluding hydrogens is 459 g/mol. The zero-order valence-corrected chi connectivity index (χ0v) is 20.4. The van der Waals surface area contributed by atoms with E-state index < -0.39 is 0 Å². The lowest BCUT2D eigenvalue weighted by Gasteiger charge is -2.78. The highest BCUT2D eigenvalue weighted by Gasteiger charge is 2.75. The van der Waals surface area contributed by atoms with Crippen molar-refractivity contribution >= 4 is 24.8 Å². The maximum Gasteiger partial charge on any atom is 0.0270 e. The summed E-state index contributed by atoms with van der Waals surface area (Å²) in [5, 5.41) is 0. The molecule has 0 N–H and O–H groups in total. The highest BCUT2D eigenvalue weighted by atomic mass is 35.5. The van der Waals surface area contributed by atoms with Crippen molar-refractivity contribution in [3.8, 4) is 0 Å². The minimum absolute atomic E-state index is 0. The lowest BCUT2D eigenvalue weighted by Crippen LogP contribution is -2.71. The Morgan fingerprint density at radius 1 is 0.353 bits per heavy atom. The van der Waals surface area contributed by atoms with E-state index in [4.69, 9.17) is 0 Å². The lowest BCUT2D eigenvalue weighted by molar-refractivity contribution is -0.227. The average molecular weight is 487 g/mol. The number of hydrogen-bond donors (Lipinski definition) is 0. The van der Waals surface area contributed by atoms with Gasteiger partial charge >= 0.3 is 0 Å². The van der Waals surface area contributed by atoms with Crippen LogP contribution in [0.2, 0.25) is 0 Å². The fourth-order valence-electron chi connectivity index (χ4n) is 7.70. The van der Waals surface area contributed by atoms with E-state index in [1.165, 1.54) is 22.3 Å². The first-order chi connectivity index (χ1) is 15.9. The highest BCUT2D eigenvalue weighted by Crippen LogP contribution is 2.83. The van der Waals surface area contributed by atoms with Gasteiger partial charge in [0.1, 0.15) is 0 Å². The molecule has 0 amide bonds. The van der Waals surface area contributed by atoms with Gasteiger partial charge in [-0.3, -0.25) is 9.97 Å². The van der Waals surface area contributed by atoms with Gasteiger partial charge in [-0.1, -0.05) is 60.7 Å². The Balaban J connectivity index is 0.00000120. The minimum Gasteiger partial charge on any atom is -0.265 e. The number of benzene rings is 2. The Bertz CT molecular complexity index is 1010. The van der Waals surface area contributed by atoms with Gasteiger partial charge in [-0.05, 0) is 93.9 Å². The van der Waals surface area contributed by atoms with Gasteiger partial charge in [-0.2, -0.15) is 0 Å². The smallest absolute Gasteiger partial charge is 0.0270 e. The van der Waals surface area contributed by atoms with Gasteiger partial charge in [-0.25, -0.2) is 0 Å². The molecule has 2 aromatic heterocycles. The topological polar surface area (TPSA) is 25.8 Å². The third kappa shape index (κ3) is 3.23. The van der Waals surface area contributed by atoms with Crippen molar-refractivity contribution in [2.75, 3.05) is 0 Å². The molecule has 3 saturated carbocycles. The van der Waals surface area contributed by atoms with Gasteiger partial charge in [0.15, 0.2) is 0 Å². The number of nitrogens with zero attached hydrogens (tertiary/aromatic N) is 2. The molecule has 3 fully saturated rings. The van der Waals surface area contributed by atoms with Gasteiger partial charge in [0.25, 0.3) is 0 Å². The van der Waals surface area contributed by atoms with Crippen molar-refractivity contribution in [2.45, 2.75) is 23.7 Å². The Morgan fingerprint density at radius 2 is 0.618 bits per heavy atom. The van der Waals surface area contributed by atoms with E-state index in [1.54, 1.807) is 0 Å². The predicted molar refractivity (Wildman–Crippen MR) is 141 cm³/mol. The van der Waals surface area contributed by atoms with Crippen LogP contribution in [0.15, 0.2) is 110 Å². The summed E-state index contributed by atoms with van der Waals surface area (Å²) < 4.78 is 0. The van der Waals surface area contributed by atoms with E-state index >= 15 is 0 Å². The normalized spacial score (nSPS) is 32.2. The molecule has 3 aliphatic rings. The first kappa shape index (κ1) is 23.1. The Kier molecular flexibility index (Phi) is 6.22. The number of pyridine rings is 2. The molecule has 34 heavy (non-hydrogen) atoms. The van der Waals surface area contributed by atoms with E-state index in [0.29, 0.717) is 23.7 Å². The Morgan fingerprint density at radius 3 is 0.912 bits per heavy atom. The van der Waals surface area contributed by atoms with Crippen LogP contribution >= 0.6 is 24.8 Å². The second-order valence-electron chi connectivity index (χ2n) is 9.79. The standard InChI is InChI=1S/C30H26N2.2ClH/c1-3-7-19(8-4-1)23-25(21-11-15-31-16-12-21)29-27(23)30-26(22-13-17-32-18-14-22)24(28(29)30)20-9-5-2-6-10-20;;/h1-18,23-30H;2*1H/t23-,24+,25+,26-,27?,28?,29?,30?;;. The van der Waals surface area contributed by atoms with Crippen molar-refractivity contribution in [1.29, 1.82) is 0 Å². The second-order valence-corrected chi connectivity index (χ2v) is 9.79. The van der Waals surface area contributed by atoms with Gasteiger partial charge in [0.2, 0.25) is 0 Å². The second kappa shape index (κ2) is 9.17. The van der Waals surface area contributed by atoms with Crippen molar-refractivity contribution in [3.05, 3.63) is 132 Å². The molecular formula is C30H28Cl2N2. The molecule has 2 aromatic carbocycles. The summed E-state index contributed by atoms with van der Waals surface area (Å²) in [5.41, 5.74) is 5.94. The van der Waals surface area contributed by atoms with Crippen molar-refractivity contribution < 1.29 is 0 Å². The summed E-state index contributed by atoms with van der Waals surface area (Å²) in [5.74, 6) is 5.44. The van der Waals surface area contributed by atoms with Gasteiger partial charge in [0.05, 0.1) is 0 Å². The third-order valence-corrected chi connectivity index (χ3v) is 8.76. The molecule has 4 aromatic rings. The van der Waals surface area contributed by atoms with Crippen LogP contribution in [-0.2, 0) is 0 Å². The monoisotopic (exact) mass is 486 g/mol. The zero-order valence-electron chi connectivity index (χ0n) is 18.7. The fourth-order valence-corrected chi connectivity index (χ4v) is 7.70. The van der Waals surface area contributed by atoms with Crippen molar-refractivity contribution in [2.24, 2.45) is 23.7 Å². The summed E-state index contributed by atoms with van der Waals surface area (Å²) >= 11 is 0. The van der Waals surface area contributed by atoms with E-state index in [-0.39, 0.29) is 24.8 Å². The molecule has 4 unspecified atom stereocenters. The zero-order chi connectivity index (χ0) is 21.1. The highest BCUT2D eigenvalue weighted by molar-refractivity contribution is 5.85. The first-order valence-electron chi connectivity index (χ1n) is 11.8. The molecule has 4 heteroatoms. The maximum atomic E-state index is 4.30. The van der Waals surface area contributed by atoms with Gasteiger partial charge in [0, 0.05) is 24.8 Å². The predicted octanol–water partition coefficient (Wildman–Crippen LogP) is 7.26. The van der Waals surface area contributed by atoms with Crippen LogP contribution in [-0.4, -0.2) is 9.97 Å². The molecule has 0 radical (unpaired) electrons. The fraction of sp³-hybridized carbons (Fsp3) is 0.267. The van der Waals surface area contributed by atoms with E-state index in [2.05, 4.69) is 94.9 Å². The first-order valence-corrected chi connectivity index (χ1v) is 11.8. The maximum absolute atomic E-state index is 4.30. The molecule has 172 valence electrons. The molecule has 3 aliphatic carbocycles. The Hall–Kier alpha value is -2.68. The summed E-state index contributed by atoms with van der Waals surface area (Å²) in [7, 11) is 0.